The summed E-state index contributed by atoms with van der Waals surface area (Å²) >= 11 is 3.43. The summed E-state index contributed by atoms with van der Waals surface area (Å²) in [6.07, 6.45) is 10.9. The summed E-state index contributed by atoms with van der Waals surface area (Å²) in [4.78, 5) is 10.5. The molecular formula is C13H24OS2Y2-2. The van der Waals surface area contributed by atoms with Gasteiger partial charge in [0.05, 0.1) is 5.12 Å². The maximum atomic E-state index is 10.5. The van der Waals surface area contributed by atoms with Crippen molar-refractivity contribution >= 4 is 28.6 Å². The number of rotatable bonds is 5. The van der Waals surface area contributed by atoms with Gasteiger partial charge in [0, 0.05) is 65.4 Å². The largest absolute Gasteiger partial charge is 0.330 e. The van der Waals surface area contributed by atoms with Gasteiger partial charge in [-0.3, -0.25) is 0 Å². The van der Waals surface area contributed by atoms with Crippen molar-refractivity contribution in [2.75, 3.05) is 6.26 Å². The molecule has 0 aliphatic carbocycles. The van der Waals surface area contributed by atoms with E-state index in [9.17, 15) is 4.79 Å². The molecule has 2 unspecified atom stereocenters. The van der Waals surface area contributed by atoms with E-state index in [1.807, 2.05) is 11.8 Å². The average Bonchev–Trinajstić information content (AvgIpc) is 2.73. The number of thioether (sulfide) groups is 2. The van der Waals surface area contributed by atoms with Crippen LogP contribution >= 0.6 is 23.5 Å². The molecule has 1 aliphatic heterocycles. The van der Waals surface area contributed by atoms with Crippen LogP contribution in [0.15, 0.2) is 0 Å². The zero-order valence-electron chi connectivity index (χ0n) is 12.0. The van der Waals surface area contributed by atoms with E-state index in [1.165, 1.54) is 24.6 Å². The SMILES string of the molecule is CCC1C[CH-]C(=O)S1.C[CH-]CC(CC)SC.[Y].[Y]. The normalized spacial score (nSPS) is 18.7. The Bertz CT molecular complexity index is 188. The Balaban J connectivity index is -0.000000225. The van der Waals surface area contributed by atoms with Gasteiger partial charge in [-0.1, -0.05) is 13.8 Å². The molecule has 102 valence electrons. The van der Waals surface area contributed by atoms with Crippen LogP contribution in [0.25, 0.3) is 0 Å². The van der Waals surface area contributed by atoms with E-state index in [-0.39, 0.29) is 70.5 Å². The molecule has 1 saturated heterocycles. The van der Waals surface area contributed by atoms with Gasteiger partial charge in [0.2, 0.25) is 0 Å². The molecule has 1 heterocycles. The monoisotopic (exact) mass is 438 g/mol. The quantitative estimate of drug-likeness (QED) is 0.594. The summed E-state index contributed by atoms with van der Waals surface area (Å²) in [5, 5.41) is 1.71. The van der Waals surface area contributed by atoms with Gasteiger partial charge in [-0.25, -0.2) is 0 Å². The van der Waals surface area contributed by atoms with E-state index in [1.54, 1.807) is 6.42 Å². The molecule has 0 amide bonds. The Hall–Kier alpha value is 2.45. The van der Waals surface area contributed by atoms with Crippen LogP contribution in [-0.2, 0) is 70.2 Å². The fourth-order valence-electron chi connectivity index (χ4n) is 1.43. The molecule has 18 heavy (non-hydrogen) atoms. The molecule has 1 rings (SSSR count). The Morgan fingerprint density at radius 3 is 2.28 bits per heavy atom. The van der Waals surface area contributed by atoms with Gasteiger partial charge < -0.3 is 17.6 Å². The number of hydrogen-bond donors (Lipinski definition) is 0. The summed E-state index contributed by atoms with van der Waals surface area (Å²) in [5.74, 6) is 0. The second-order valence-electron chi connectivity index (χ2n) is 3.82. The van der Waals surface area contributed by atoms with E-state index >= 15 is 0 Å². The summed E-state index contributed by atoms with van der Waals surface area (Å²) in [6.45, 7) is 6.48. The van der Waals surface area contributed by atoms with Gasteiger partial charge in [0.25, 0.3) is 0 Å². The smallest absolute Gasteiger partial charge is 0.0546 e. The van der Waals surface area contributed by atoms with Gasteiger partial charge >= 0.3 is 0 Å². The van der Waals surface area contributed by atoms with E-state index in [0.29, 0.717) is 5.25 Å². The van der Waals surface area contributed by atoms with Crippen LogP contribution in [-0.4, -0.2) is 21.9 Å². The van der Waals surface area contributed by atoms with Crippen molar-refractivity contribution in [1.82, 2.24) is 0 Å². The summed E-state index contributed by atoms with van der Waals surface area (Å²) < 4.78 is 0. The fourth-order valence-corrected chi connectivity index (χ4v) is 3.03. The predicted molar refractivity (Wildman–Crippen MR) is 77.8 cm³/mol. The van der Waals surface area contributed by atoms with Crippen LogP contribution in [0.1, 0.15) is 46.5 Å². The molecule has 1 fully saturated rings. The molecule has 0 aromatic heterocycles. The first-order valence-corrected chi connectivity index (χ1v) is 8.19. The van der Waals surface area contributed by atoms with Crippen molar-refractivity contribution < 1.29 is 70.2 Å². The second kappa shape index (κ2) is 17.5. The molecule has 1 nitrogen and oxygen atoms in total. The van der Waals surface area contributed by atoms with Gasteiger partial charge in [-0.2, -0.15) is 25.1 Å². The van der Waals surface area contributed by atoms with E-state index < -0.39 is 0 Å². The Morgan fingerprint density at radius 2 is 2.11 bits per heavy atom. The van der Waals surface area contributed by atoms with Crippen LogP contribution in [0.3, 0.4) is 0 Å². The van der Waals surface area contributed by atoms with Crippen molar-refractivity contribution in [3.05, 3.63) is 12.8 Å². The second-order valence-corrected chi connectivity index (χ2v) is 6.26. The number of carbonyl (C=O) groups excluding carboxylic acids is 1. The molecular weight excluding hydrogens is 414 g/mol. The zero-order valence-corrected chi connectivity index (χ0v) is 19.3. The van der Waals surface area contributed by atoms with Crippen molar-refractivity contribution in [1.29, 1.82) is 0 Å². The summed E-state index contributed by atoms with van der Waals surface area (Å²) in [7, 11) is 0. The molecule has 5 heteroatoms. The molecule has 0 saturated carbocycles. The van der Waals surface area contributed by atoms with E-state index in [4.69, 9.17) is 0 Å². The van der Waals surface area contributed by atoms with Crippen molar-refractivity contribution in [2.24, 2.45) is 0 Å². The molecule has 1 aliphatic rings. The maximum Gasteiger partial charge on any atom is 0.0546 e. The third-order valence-corrected chi connectivity index (χ3v) is 5.02. The Kier molecular flexibility index (Phi) is 24.7. The molecule has 0 aromatic carbocycles. The van der Waals surface area contributed by atoms with Crippen molar-refractivity contribution in [3.63, 3.8) is 0 Å². The third kappa shape index (κ3) is 13.4. The van der Waals surface area contributed by atoms with Crippen LogP contribution in [0.5, 0.6) is 0 Å². The van der Waals surface area contributed by atoms with Crippen molar-refractivity contribution in [3.8, 4) is 0 Å². The van der Waals surface area contributed by atoms with Crippen LogP contribution in [0.4, 0.5) is 0 Å². The molecule has 2 atom stereocenters. The topological polar surface area (TPSA) is 17.1 Å². The fraction of sp³-hybridized carbons (Fsp3) is 0.769. The van der Waals surface area contributed by atoms with Gasteiger partial charge in [0.15, 0.2) is 0 Å². The molecule has 0 aromatic rings. The Morgan fingerprint density at radius 1 is 1.50 bits per heavy atom. The average molecular weight is 438 g/mol. The van der Waals surface area contributed by atoms with Crippen LogP contribution < -0.4 is 0 Å². The minimum atomic E-state index is 0. The first-order valence-electron chi connectivity index (χ1n) is 6.02. The molecule has 0 bridgehead atoms. The first-order chi connectivity index (χ1) is 7.67. The number of carbonyl (C=O) groups is 1. The summed E-state index contributed by atoms with van der Waals surface area (Å²) in [6, 6.07) is 0. The first kappa shape index (κ1) is 25.4. The third-order valence-electron chi connectivity index (χ3n) is 2.57. The predicted octanol–water partition coefficient (Wildman–Crippen LogP) is 4.37. The van der Waals surface area contributed by atoms with Crippen LogP contribution in [0, 0.1) is 12.8 Å². The maximum absolute atomic E-state index is 10.5. The molecule has 0 spiro atoms. The number of hydrogen-bond acceptors (Lipinski definition) is 3. The zero-order chi connectivity index (χ0) is 12.4. The van der Waals surface area contributed by atoms with Crippen molar-refractivity contribution in [2.45, 2.75) is 57.0 Å². The van der Waals surface area contributed by atoms with Gasteiger partial charge in [-0.15, -0.1) is 18.2 Å². The minimum Gasteiger partial charge on any atom is -0.330 e. The van der Waals surface area contributed by atoms with E-state index in [0.717, 1.165) is 18.1 Å². The Labute approximate surface area is 172 Å². The minimum absolute atomic E-state index is 0. The van der Waals surface area contributed by atoms with Crippen LogP contribution in [0.2, 0.25) is 0 Å². The molecule has 2 radical (unpaired) electrons. The summed E-state index contributed by atoms with van der Waals surface area (Å²) in [5.41, 5.74) is 0. The molecule has 0 N–H and O–H groups in total. The van der Waals surface area contributed by atoms with Gasteiger partial charge in [-0.05, 0) is 29.6 Å². The van der Waals surface area contributed by atoms with E-state index in [2.05, 4.69) is 33.4 Å². The standard InChI is InChI=1S/C7H15S.C6H9OS.2Y/c1-4-6-7(5-2)8-3;1-2-5-3-4-6(7)8-5;;/h4,7H,5-6H2,1-3H3;4-5H,2-3H2,1H3;;/q2*-1;;. The van der Waals surface area contributed by atoms with Gasteiger partial charge in [0.1, 0.15) is 0 Å².